The number of rotatable bonds is 4. The average molecular weight is 449 g/mol. The Balaban J connectivity index is 1.13. The predicted octanol–water partition coefficient (Wildman–Crippen LogP) is 1.45. The van der Waals surface area contributed by atoms with Crippen LogP contribution in [0.2, 0.25) is 0 Å². The Morgan fingerprint density at radius 2 is 1.67 bits per heavy atom. The van der Waals surface area contributed by atoms with Gasteiger partial charge in [0.15, 0.2) is 5.65 Å². The molecule has 33 heavy (non-hydrogen) atoms. The predicted molar refractivity (Wildman–Crippen MR) is 130 cm³/mol. The van der Waals surface area contributed by atoms with Crippen LogP contribution in [-0.4, -0.2) is 94.4 Å². The molecule has 3 aromatic rings. The Morgan fingerprint density at radius 3 is 2.42 bits per heavy atom. The minimum Gasteiger partial charge on any atom is -0.369 e. The Bertz CT molecular complexity index is 1140. The maximum absolute atomic E-state index is 13.0. The molecule has 0 aliphatic carbocycles. The van der Waals surface area contributed by atoms with Gasteiger partial charge in [0.2, 0.25) is 5.91 Å². The standard InChI is InChI=1S/C24H32N8O/c1-18-5-4-6-21(19(18)2)30-9-7-29(8-10-30)16-22(33)31-11-13-32(14-12-31)24-20-15-27-28(3)23(20)25-17-26-24/h4-6,15,17H,7-14,16H2,1-3H3. The van der Waals surface area contributed by atoms with E-state index in [2.05, 4.69) is 61.8 Å². The molecule has 2 saturated heterocycles. The fourth-order valence-electron chi connectivity index (χ4n) is 4.89. The van der Waals surface area contributed by atoms with Crippen LogP contribution < -0.4 is 9.80 Å². The van der Waals surface area contributed by atoms with Gasteiger partial charge in [-0.05, 0) is 31.0 Å². The summed E-state index contributed by atoms with van der Waals surface area (Å²) in [5.74, 6) is 1.13. The molecule has 4 heterocycles. The first-order valence-electron chi connectivity index (χ1n) is 11.7. The quantitative estimate of drug-likeness (QED) is 0.598. The highest BCUT2D eigenvalue weighted by molar-refractivity contribution is 5.87. The van der Waals surface area contributed by atoms with Crippen LogP contribution in [-0.2, 0) is 11.8 Å². The molecule has 2 aliphatic heterocycles. The maximum Gasteiger partial charge on any atom is 0.236 e. The molecule has 5 rings (SSSR count). The first-order valence-corrected chi connectivity index (χ1v) is 11.7. The van der Waals surface area contributed by atoms with E-state index in [4.69, 9.17) is 0 Å². The number of aryl methyl sites for hydroxylation is 2. The molecule has 0 unspecified atom stereocenters. The third kappa shape index (κ3) is 4.25. The second kappa shape index (κ2) is 8.97. The first kappa shape index (κ1) is 21.6. The summed E-state index contributed by atoms with van der Waals surface area (Å²) in [6, 6.07) is 6.51. The van der Waals surface area contributed by atoms with Crippen molar-refractivity contribution in [2.45, 2.75) is 13.8 Å². The summed E-state index contributed by atoms with van der Waals surface area (Å²) in [6.45, 7) is 11.6. The lowest BCUT2D eigenvalue weighted by Crippen LogP contribution is -2.54. The minimum atomic E-state index is 0.226. The Kier molecular flexibility index (Phi) is 5.88. The lowest BCUT2D eigenvalue weighted by molar-refractivity contribution is -0.132. The Labute approximate surface area is 194 Å². The van der Waals surface area contributed by atoms with Crippen molar-refractivity contribution >= 4 is 28.4 Å². The normalized spacial score (nSPS) is 17.7. The smallest absolute Gasteiger partial charge is 0.236 e. The zero-order chi connectivity index (χ0) is 22.9. The van der Waals surface area contributed by atoms with Gasteiger partial charge in [-0.15, -0.1) is 0 Å². The molecule has 0 spiro atoms. The van der Waals surface area contributed by atoms with Crippen molar-refractivity contribution in [3.05, 3.63) is 41.9 Å². The van der Waals surface area contributed by atoms with E-state index in [0.29, 0.717) is 19.6 Å². The molecular weight excluding hydrogens is 416 g/mol. The topological polar surface area (TPSA) is 73.6 Å². The van der Waals surface area contributed by atoms with E-state index in [1.165, 1.54) is 16.8 Å². The molecule has 0 N–H and O–H groups in total. The van der Waals surface area contributed by atoms with Gasteiger partial charge in [-0.25, -0.2) is 9.97 Å². The summed E-state index contributed by atoms with van der Waals surface area (Å²) in [5.41, 5.74) is 4.84. The monoisotopic (exact) mass is 448 g/mol. The zero-order valence-electron chi connectivity index (χ0n) is 19.7. The summed E-state index contributed by atoms with van der Waals surface area (Å²) in [6.07, 6.45) is 3.41. The number of carbonyl (C=O) groups excluding carboxylic acids is 1. The van der Waals surface area contributed by atoms with E-state index >= 15 is 0 Å². The van der Waals surface area contributed by atoms with Crippen molar-refractivity contribution in [2.24, 2.45) is 7.05 Å². The number of hydrogen-bond acceptors (Lipinski definition) is 7. The number of anilines is 2. The zero-order valence-corrected chi connectivity index (χ0v) is 19.7. The van der Waals surface area contributed by atoms with Gasteiger partial charge in [-0.3, -0.25) is 14.4 Å². The van der Waals surface area contributed by atoms with Crippen molar-refractivity contribution < 1.29 is 4.79 Å². The van der Waals surface area contributed by atoms with Crippen molar-refractivity contribution in [1.29, 1.82) is 0 Å². The van der Waals surface area contributed by atoms with Crippen molar-refractivity contribution in [3.8, 4) is 0 Å². The fraction of sp³-hybridized carbons (Fsp3) is 0.500. The molecule has 1 amide bonds. The van der Waals surface area contributed by atoms with Gasteiger partial charge in [0.25, 0.3) is 0 Å². The molecule has 0 radical (unpaired) electrons. The molecule has 2 aromatic heterocycles. The first-order chi connectivity index (χ1) is 16.0. The number of piperazine rings is 2. The van der Waals surface area contributed by atoms with Gasteiger partial charge >= 0.3 is 0 Å². The summed E-state index contributed by atoms with van der Waals surface area (Å²) in [4.78, 5) is 30.8. The van der Waals surface area contributed by atoms with Crippen LogP contribution in [0.4, 0.5) is 11.5 Å². The van der Waals surface area contributed by atoms with Crippen molar-refractivity contribution in [1.82, 2.24) is 29.5 Å². The van der Waals surface area contributed by atoms with Crippen LogP contribution in [0, 0.1) is 13.8 Å². The number of carbonyl (C=O) groups is 1. The summed E-state index contributed by atoms with van der Waals surface area (Å²) >= 11 is 0. The fourth-order valence-corrected chi connectivity index (χ4v) is 4.89. The molecule has 9 nitrogen and oxygen atoms in total. The number of aromatic nitrogens is 4. The van der Waals surface area contributed by atoms with Gasteiger partial charge in [0.1, 0.15) is 12.1 Å². The van der Waals surface area contributed by atoms with Crippen LogP contribution in [0.25, 0.3) is 11.0 Å². The third-order valence-electron chi connectivity index (χ3n) is 7.09. The molecule has 174 valence electrons. The molecule has 2 aliphatic rings. The number of amides is 1. The van der Waals surface area contributed by atoms with E-state index < -0.39 is 0 Å². The van der Waals surface area contributed by atoms with Crippen LogP contribution >= 0.6 is 0 Å². The highest BCUT2D eigenvalue weighted by Crippen LogP contribution is 2.25. The number of nitrogens with zero attached hydrogens (tertiary/aromatic N) is 8. The average Bonchev–Trinajstić information content (AvgIpc) is 3.22. The minimum absolute atomic E-state index is 0.226. The van der Waals surface area contributed by atoms with E-state index in [0.717, 1.165) is 56.1 Å². The number of fused-ring (bicyclic) bond motifs is 1. The molecule has 1 aromatic carbocycles. The molecule has 0 bridgehead atoms. The third-order valence-corrected chi connectivity index (χ3v) is 7.09. The lowest BCUT2D eigenvalue weighted by atomic mass is 10.1. The van der Waals surface area contributed by atoms with E-state index in [1.807, 2.05) is 18.1 Å². The Hall–Kier alpha value is -3.20. The highest BCUT2D eigenvalue weighted by Gasteiger charge is 2.26. The van der Waals surface area contributed by atoms with E-state index in [1.54, 1.807) is 11.0 Å². The molecular formula is C24H32N8O. The van der Waals surface area contributed by atoms with Gasteiger partial charge in [0, 0.05) is 65.1 Å². The number of hydrogen-bond donors (Lipinski definition) is 0. The van der Waals surface area contributed by atoms with Crippen LogP contribution in [0.15, 0.2) is 30.7 Å². The summed E-state index contributed by atoms with van der Waals surface area (Å²) in [5, 5.41) is 5.27. The van der Waals surface area contributed by atoms with Gasteiger partial charge in [-0.1, -0.05) is 12.1 Å². The van der Waals surface area contributed by atoms with Crippen molar-refractivity contribution in [3.63, 3.8) is 0 Å². The molecule has 9 heteroatoms. The molecule has 2 fully saturated rings. The largest absolute Gasteiger partial charge is 0.369 e. The van der Waals surface area contributed by atoms with Crippen LogP contribution in [0.3, 0.4) is 0 Å². The second-order valence-corrected chi connectivity index (χ2v) is 9.05. The molecule has 0 atom stereocenters. The Morgan fingerprint density at radius 1 is 0.939 bits per heavy atom. The van der Waals surface area contributed by atoms with Gasteiger partial charge in [-0.2, -0.15) is 5.10 Å². The van der Waals surface area contributed by atoms with Crippen LogP contribution in [0.1, 0.15) is 11.1 Å². The molecule has 0 saturated carbocycles. The lowest BCUT2D eigenvalue weighted by Gasteiger charge is -2.39. The van der Waals surface area contributed by atoms with Gasteiger partial charge in [0.05, 0.1) is 18.1 Å². The summed E-state index contributed by atoms with van der Waals surface area (Å²) in [7, 11) is 1.89. The number of benzene rings is 1. The summed E-state index contributed by atoms with van der Waals surface area (Å²) < 4.78 is 1.76. The maximum atomic E-state index is 13.0. The SMILES string of the molecule is Cc1cccc(N2CCN(CC(=O)N3CCN(c4ncnc5c4cnn5C)CC3)CC2)c1C. The van der Waals surface area contributed by atoms with Gasteiger partial charge < -0.3 is 14.7 Å². The second-order valence-electron chi connectivity index (χ2n) is 9.05. The van der Waals surface area contributed by atoms with E-state index in [-0.39, 0.29) is 5.91 Å². The van der Waals surface area contributed by atoms with Crippen molar-refractivity contribution in [2.75, 3.05) is 68.7 Å². The highest BCUT2D eigenvalue weighted by atomic mass is 16.2. The van der Waals surface area contributed by atoms with E-state index in [9.17, 15) is 4.79 Å². The van der Waals surface area contributed by atoms with Crippen LogP contribution in [0.5, 0.6) is 0 Å².